The van der Waals surface area contributed by atoms with Crippen molar-refractivity contribution >= 4 is 34.4 Å². The molecule has 3 rings (SSSR count). The van der Waals surface area contributed by atoms with Gasteiger partial charge in [-0.2, -0.15) is 0 Å². The topological polar surface area (TPSA) is 80.7 Å². The van der Waals surface area contributed by atoms with Gasteiger partial charge in [-0.05, 0) is 0 Å². The molecule has 0 aromatic carbocycles. The molecule has 0 aliphatic heterocycles. The van der Waals surface area contributed by atoms with Gasteiger partial charge < -0.3 is 5.32 Å². The molecule has 1 amide bonds. The number of thiazole rings is 2. The minimum absolute atomic E-state index is 0.0936. The van der Waals surface area contributed by atoms with E-state index in [0.29, 0.717) is 28.8 Å². The van der Waals surface area contributed by atoms with E-state index in [1.54, 1.807) is 25.4 Å². The zero-order valence-electron chi connectivity index (χ0n) is 11.1. The maximum Gasteiger partial charge on any atom is 0.225 e. The molecular formula is C13H11N5OS2. The minimum atomic E-state index is -0.0936. The van der Waals surface area contributed by atoms with Gasteiger partial charge in [0, 0.05) is 35.6 Å². The number of hydrogen-bond donors (Lipinski definition) is 1. The van der Waals surface area contributed by atoms with E-state index in [0.717, 1.165) is 5.01 Å². The lowest BCUT2D eigenvalue weighted by Gasteiger charge is -2.06. The summed E-state index contributed by atoms with van der Waals surface area (Å²) in [5.41, 5.74) is 0.677. The van der Waals surface area contributed by atoms with E-state index in [1.807, 2.05) is 10.8 Å². The summed E-state index contributed by atoms with van der Waals surface area (Å²) >= 11 is 2.93. The van der Waals surface area contributed by atoms with Crippen molar-refractivity contribution in [2.75, 3.05) is 5.32 Å². The van der Waals surface area contributed by atoms with E-state index >= 15 is 0 Å². The van der Waals surface area contributed by atoms with Crippen molar-refractivity contribution in [1.82, 2.24) is 19.9 Å². The van der Waals surface area contributed by atoms with Crippen molar-refractivity contribution in [2.45, 2.75) is 13.3 Å². The molecule has 0 fully saturated rings. The number of nitrogens with zero attached hydrogens (tertiary/aromatic N) is 4. The molecule has 0 saturated carbocycles. The number of carbonyl (C=O) groups is 1. The summed E-state index contributed by atoms with van der Waals surface area (Å²) in [6.45, 7) is 1.79. The highest BCUT2D eigenvalue weighted by atomic mass is 32.1. The van der Waals surface area contributed by atoms with Gasteiger partial charge in [0.15, 0.2) is 10.8 Å². The maximum atomic E-state index is 11.6. The molecule has 0 radical (unpaired) electrons. The lowest BCUT2D eigenvalue weighted by atomic mass is 10.3. The van der Waals surface area contributed by atoms with Gasteiger partial charge in [0.25, 0.3) is 0 Å². The molecule has 0 spiro atoms. The van der Waals surface area contributed by atoms with Crippen LogP contribution in [0.4, 0.5) is 5.82 Å². The molecule has 0 aliphatic rings. The molecular weight excluding hydrogens is 306 g/mol. The van der Waals surface area contributed by atoms with Crippen LogP contribution in [0, 0.1) is 0 Å². The summed E-state index contributed by atoms with van der Waals surface area (Å²) in [4.78, 5) is 28.9. The van der Waals surface area contributed by atoms with Gasteiger partial charge >= 0.3 is 0 Å². The molecule has 0 saturated heterocycles. The number of anilines is 1. The Labute approximate surface area is 129 Å². The number of hydrogen-bond acceptors (Lipinski definition) is 7. The molecule has 0 bridgehead atoms. The molecule has 8 heteroatoms. The molecule has 0 unspecified atom stereocenters. The normalized spacial score (nSPS) is 10.5. The first-order valence-electron chi connectivity index (χ1n) is 6.25. The van der Waals surface area contributed by atoms with Crippen LogP contribution in [-0.2, 0) is 4.79 Å². The average molecular weight is 317 g/mol. The molecule has 0 aliphatic carbocycles. The van der Waals surface area contributed by atoms with Gasteiger partial charge in [-0.3, -0.25) is 4.79 Å². The van der Waals surface area contributed by atoms with Crippen molar-refractivity contribution in [1.29, 1.82) is 0 Å². The van der Waals surface area contributed by atoms with Crippen LogP contribution >= 0.6 is 22.7 Å². The smallest absolute Gasteiger partial charge is 0.225 e. The van der Waals surface area contributed by atoms with Crippen LogP contribution in [0.15, 0.2) is 29.2 Å². The second-order valence-electron chi connectivity index (χ2n) is 4.04. The van der Waals surface area contributed by atoms with Gasteiger partial charge in [-0.1, -0.05) is 6.92 Å². The summed E-state index contributed by atoms with van der Waals surface area (Å²) < 4.78 is 0. The van der Waals surface area contributed by atoms with Crippen LogP contribution < -0.4 is 5.32 Å². The Morgan fingerprint density at radius 3 is 2.48 bits per heavy atom. The number of rotatable bonds is 4. The SMILES string of the molecule is CCC(=O)Nc1cc(-c2nccs2)nc(-c2nccs2)n1. The standard InChI is InChI=1S/C13H11N5OS2/c1-2-10(19)17-9-7-8(12-14-3-5-20-12)16-11(18-9)13-15-4-6-21-13/h3-7H,2H2,1H3,(H,16,17,18,19). The highest BCUT2D eigenvalue weighted by molar-refractivity contribution is 7.13. The maximum absolute atomic E-state index is 11.6. The number of aromatic nitrogens is 4. The van der Waals surface area contributed by atoms with Crippen LogP contribution in [0.1, 0.15) is 13.3 Å². The predicted octanol–water partition coefficient (Wildman–Crippen LogP) is 3.07. The lowest BCUT2D eigenvalue weighted by Crippen LogP contribution is -2.11. The van der Waals surface area contributed by atoms with Crippen LogP contribution in [0.25, 0.3) is 21.5 Å². The third kappa shape index (κ3) is 3.11. The first-order valence-corrected chi connectivity index (χ1v) is 8.01. The second-order valence-corrected chi connectivity index (χ2v) is 5.83. The first kappa shape index (κ1) is 13.8. The van der Waals surface area contributed by atoms with Gasteiger partial charge in [0.05, 0.1) is 0 Å². The van der Waals surface area contributed by atoms with Crippen molar-refractivity contribution in [3.63, 3.8) is 0 Å². The largest absolute Gasteiger partial charge is 0.311 e. The van der Waals surface area contributed by atoms with Gasteiger partial charge in [0.2, 0.25) is 5.91 Å². The Balaban J connectivity index is 2.06. The number of amides is 1. The van der Waals surface area contributed by atoms with Gasteiger partial charge in [0.1, 0.15) is 16.5 Å². The Morgan fingerprint density at radius 2 is 1.86 bits per heavy atom. The van der Waals surface area contributed by atoms with Crippen LogP contribution in [0.5, 0.6) is 0 Å². The van der Waals surface area contributed by atoms with Crippen molar-refractivity contribution in [3.05, 3.63) is 29.2 Å². The van der Waals surface area contributed by atoms with E-state index in [9.17, 15) is 4.79 Å². The molecule has 6 nitrogen and oxygen atoms in total. The summed E-state index contributed by atoms with van der Waals surface area (Å²) in [5.74, 6) is 0.861. The molecule has 21 heavy (non-hydrogen) atoms. The summed E-state index contributed by atoms with van der Waals surface area (Å²) in [6, 6.07) is 1.73. The average Bonchev–Trinajstić information content (AvgIpc) is 3.20. The molecule has 3 heterocycles. The van der Waals surface area contributed by atoms with E-state index < -0.39 is 0 Å². The minimum Gasteiger partial charge on any atom is -0.311 e. The fourth-order valence-electron chi connectivity index (χ4n) is 1.63. The molecule has 3 aromatic heterocycles. The van der Waals surface area contributed by atoms with Crippen molar-refractivity contribution < 1.29 is 4.79 Å². The Bertz CT molecular complexity index is 688. The molecule has 3 aromatic rings. The van der Waals surface area contributed by atoms with Gasteiger partial charge in [-0.15, -0.1) is 22.7 Å². The quantitative estimate of drug-likeness (QED) is 0.800. The van der Waals surface area contributed by atoms with E-state index in [2.05, 4.69) is 25.3 Å². The Hall–Kier alpha value is -2.19. The van der Waals surface area contributed by atoms with E-state index in [4.69, 9.17) is 0 Å². The zero-order valence-corrected chi connectivity index (χ0v) is 12.7. The third-order valence-electron chi connectivity index (χ3n) is 2.59. The van der Waals surface area contributed by atoms with Crippen LogP contribution in [-0.4, -0.2) is 25.8 Å². The Morgan fingerprint density at radius 1 is 1.14 bits per heavy atom. The second kappa shape index (κ2) is 6.06. The predicted molar refractivity (Wildman–Crippen MR) is 83.2 cm³/mol. The number of nitrogens with one attached hydrogen (secondary N) is 1. The number of carbonyl (C=O) groups excluding carboxylic acids is 1. The lowest BCUT2D eigenvalue weighted by molar-refractivity contribution is -0.115. The molecule has 0 atom stereocenters. The molecule has 1 N–H and O–H groups in total. The highest BCUT2D eigenvalue weighted by Gasteiger charge is 2.13. The van der Waals surface area contributed by atoms with Crippen LogP contribution in [0.2, 0.25) is 0 Å². The van der Waals surface area contributed by atoms with Gasteiger partial charge in [-0.25, -0.2) is 19.9 Å². The fourth-order valence-corrected chi connectivity index (χ4v) is 2.80. The first-order chi connectivity index (χ1) is 10.3. The summed E-state index contributed by atoms with van der Waals surface area (Å²) in [7, 11) is 0. The Kier molecular flexibility index (Phi) is 3.98. The van der Waals surface area contributed by atoms with Crippen molar-refractivity contribution in [2.24, 2.45) is 0 Å². The summed E-state index contributed by atoms with van der Waals surface area (Å²) in [6.07, 6.45) is 3.81. The van der Waals surface area contributed by atoms with E-state index in [1.165, 1.54) is 22.7 Å². The van der Waals surface area contributed by atoms with Crippen molar-refractivity contribution in [3.8, 4) is 21.5 Å². The third-order valence-corrected chi connectivity index (χ3v) is 4.15. The van der Waals surface area contributed by atoms with Crippen LogP contribution in [0.3, 0.4) is 0 Å². The summed E-state index contributed by atoms with van der Waals surface area (Å²) in [5, 5.41) is 7.99. The van der Waals surface area contributed by atoms with E-state index in [-0.39, 0.29) is 5.91 Å². The molecule has 106 valence electrons. The monoisotopic (exact) mass is 317 g/mol. The highest BCUT2D eigenvalue weighted by Crippen LogP contribution is 2.26. The zero-order chi connectivity index (χ0) is 14.7. The fraction of sp³-hybridized carbons (Fsp3) is 0.154.